The number of benzene rings is 1. The first-order chi connectivity index (χ1) is 12.6. The number of nitrogens with one attached hydrogen (secondary N) is 1. The van der Waals surface area contributed by atoms with Crippen LogP contribution >= 0.6 is 11.6 Å². The van der Waals surface area contributed by atoms with E-state index in [1.807, 2.05) is 6.92 Å². The number of alkyl halides is 1. The molecule has 6 heteroatoms. The summed E-state index contributed by atoms with van der Waals surface area (Å²) in [4.78, 5) is 27.0. The predicted molar refractivity (Wildman–Crippen MR) is 101 cm³/mol. The fraction of sp³-hybridized carbons (Fsp3) is 0.600. The molecule has 0 bridgehead atoms. The Kier molecular flexibility index (Phi) is 8.36. The Balaban J connectivity index is 2.26. The van der Waals surface area contributed by atoms with Crippen LogP contribution in [0.1, 0.15) is 63.5 Å². The fourth-order valence-corrected chi connectivity index (χ4v) is 3.69. The van der Waals surface area contributed by atoms with E-state index in [-0.39, 0.29) is 29.6 Å². The summed E-state index contributed by atoms with van der Waals surface area (Å²) < 4.78 is 13.3. The van der Waals surface area contributed by atoms with Crippen LogP contribution in [0.4, 0.5) is 4.39 Å². The molecule has 0 aromatic heterocycles. The lowest BCUT2D eigenvalue weighted by Crippen LogP contribution is -2.47. The highest BCUT2D eigenvalue weighted by molar-refractivity contribution is 6.27. The van der Waals surface area contributed by atoms with Gasteiger partial charge in [0.15, 0.2) is 0 Å². The number of halogens is 2. The van der Waals surface area contributed by atoms with Gasteiger partial charge in [-0.15, -0.1) is 11.6 Å². The van der Waals surface area contributed by atoms with Crippen molar-refractivity contribution in [1.82, 2.24) is 10.2 Å². The van der Waals surface area contributed by atoms with Crippen LogP contribution in [0.15, 0.2) is 24.3 Å². The molecule has 1 atom stereocenters. The van der Waals surface area contributed by atoms with E-state index in [1.165, 1.54) is 29.9 Å². The molecule has 26 heavy (non-hydrogen) atoms. The largest absolute Gasteiger partial charge is 0.351 e. The molecule has 1 aromatic carbocycles. The first kappa shape index (κ1) is 20.7. The van der Waals surface area contributed by atoms with Crippen molar-refractivity contribution in [3.8, 4) is 0 Å². The van der Waals surface area contributed by atoms with Gasteiger partial charge in [0, 0.05) is 12.6 Å². The summed E-state index contributed by atoms with van der Waals surface area (Å²) in [7, 11) is 0. The molecule has 0 radical (unpaired) electrons. The van der Waals surface area contributed by atoms with E-state index < -0.39 is 6.04 Å². The van der Waals surface area contributed by atoms with Crippen LogP contribution in [-0.4, -0.2) is 35.2 Å². The molecule has 2 amide bonds. The zero-order valence-electron chi connectivity index (χ0n) is 15.3. The number of hydrogen-bond donors (Lipinski definition) is 1. The first-order valence-corrected chi connectivity index (χ1v) is 10.0. The van der Waals surface area contributed by atoms with Crippen molar-refractivity contribution in [1.29, 1.82) is 0 Å². The van der Waals surface area contributed by atoms with Gasteiger partial charge in [-0.25, -0.2) is 4.39 Å². The smallest absolute Gasteiger partial charge is 0.247 e. The maximum absolute atomic E-state index is 13.3. The Hall–Kier alpha value is -1.62. The molecular formula is C20H28ClFN2O2. The van der Waals surface area contributed by atoms with Gasteiger partial charge >= 0.3 is 0 Å². The normalized spacial score (nSPS) is 16.6. The second kappa shape index (κ2) is 10.5. The van der Waals surface area contributed by atoms with Gasteiger partial charge in [0.2, 0.25) is 11.8 Å². The summed E-state index contributed by atoms with van der Waals surface area (Å²) in [6.07, 6.45) is 7.22. The molecule has 0 heterocycles. The van der Waals surface area contributed by atoms with E-state index >= 15 is 0 Å². The van der Waals surface area contributed by atoms with Crippen LogP contribution in [0.25, 0.3) is 0 Å². The van der Waals surface area contributed by atoms with E-state index in [2.05, 4.69) is 5.32 Å². The van der Waals surface area contributed by atoms with E-state index in [0.29, 0.717) is 18.5 Å². The minimum atomic E-state index is -0.787. The Labute approximate surface area is 160 Å². The molecule has 0 aliphatic heterocycles. The molecule has 1 saturated carbocycles. The molecule has 1 aliphatic carbocycles. The fourth-order valence-electron chi connectivity index (χ4n) is 3.54. The van der Waals surface area contributed by atoms with E-state index in [4.69, 9.17) is 11.6 Å². The van der Waals surface area contributed by atoms with Crippen LogP contribution in [0.2, 0.25) is 0 Å². The highest BCUT2D eigenvalue weighted by atomic mass is 35.5. The van der Waals surface area contributed by atoms with Gasteiger partial charge in [0.1, 0.15) is 17.7 Å². The Morgan fingerprint density at radius 2 is 1.81 bits per heavy atom. The predicted octanol–water partition coefficient (Wildman–Crippen LogP) is 4.18. The van der Waals surface area contributed by atoms with Crippen molar-refractivity contribution in [2.45, 2.75) is 64.0 Å². The molecule has 1 aromatic rings. The van der Waals surface area contributed by atoms with Crippen LogP contribution in [0.3, 0.4) is 0 Å². The summed E-state index contributed by atoms with van der Waals surface area (Å²) in [6, 6.07) is 5.11. The van der Waals surface area contributed by atoms with Gasteiger partial charge in [0.05, 0.1) is 0 Å². The third-order valence-corrected chi connectivity index (χ3v) is 5.08. The maximum atomic E-state index is 13.3. The number of hydrogen-bond acceptors (Lipinski definition) is 2. The minimum Gasteiger partial charge on any atom is -0.351 e. The number of rotatable bonds is 7. The second-order valence-corrected chi connectivity index (χ2v) is 7.14. The lowest BCUT2D eigenvalue weighted by molar-refractivity contribution is -0.139. The van der Waals surface area contributed by atoms with Crippen LogP contribution in [0.5, 0.6) is 0 Å². The Morgan fingerprint density at radius 1 is 1.19 bits per heavy atom. The molecule has 0 unspecified atom stereocenters. The molecule has 1 N–H and O–H groups in total. The molecule has 1 fully saturated rings. The van der Waals surface area contributed by atoms with Crippen molar-refractivity contribution in [3.05, 3.63) is 35.6 Å². The van der Waals surface area contributed by atoms with Gasteiger partial charge in [-0.1, -0.05) is 44.7 Å². The standard InChI is InChI=1S/C20H28ClFN2O2/c1-2-13-24(18(25)14-21)19(15-9-11-16(22)12-10-15)20(26)23-17-7-5-3-4-6-8-17/h9-12,17,19H,2-8,13-14H2,1H3,(H,23,26)/t19-/m0/s1. The topological polar surface area (TPSA) is 49.4 Å². The summed E-state index contributed by atoms with van der Waals surface area (Å²) >= 11 is 5.77. The second-order valence-electron chi connectivity index (χ2n) is 6.87. The molecular weight excluding hydrogens is 355 g/mol. The molecule has 4 nitrogen and oxygen atoms in total. The number of carbonyl (C=O) groups is 2. The molecule has 2 rings (SSSR count). The highest BCUT2D eigenvalue weighted by Gasteiger charge is 2.31. The van der Waals surface area contributed by atoms with E-state index in [0.717, 1.165) is 25.7 Å². The van der Waals surface area contributed by atoms with Crippen molar-refractivity contribution < 1.29 is 14.0 Å². The SMILES string of the molecule is CCCN(C(=O)CCl)[C@H](C(=O)NC1CCCCCC1)c1ccc(F)cc1. The third kappa shape index (κ3) is 5.70. The van der Waals surface area contributed by atoms with Crippen LogP contribution in [-0.2, 0) is 9.59 Å². The monoisotopic (exact) mass is 382 g/mol. The molecule has 0 spiro atoms. The minimum absolute atomic E-state index is 0.127. The van der Waals surface area contributed by atoms with Crippen LogP contribution < -0.4 is 5.32 Å². The summed E-state index contributed by atoms with van der Waals surface area (Å²) in [5, 5.41) is 3.12. The zero-order chi connectivity index (χ0) is 18.9. The lowest BCUT2D eigenvalue weighted by atomic mass is 10.0. The Bertz CT molecular complexity index is 586. The molecule has 144 valence electrons. The van der Waals surface area contributed by atoms with E-state index in [9.17, 15) is 14.0 Å². The molecule has 0 saturated heterocycles. The molecule has 1 aliphatic rings. The third-order valence-electron chi connectivity index (χ3n) is 4.85. The highest BCUT2D eigenvalue weighted by Crippen LogP contribution is 2.24. The Morgan fingerprint density at radius 3 is 2.35 bits per heavy atom. The van der Waals surface area contributed by atoms with Gasteiger partial charge in [-0.2, -0.15) is 0 Å². The van der Waals surface area contributed by atoms with Crippen molar-refractivity contribution in [3.63, 3.8) is 0 Å². The van der Waals surface area contributed by atoms with Gasteiger partial charge < -0.3 is 10.2 Å². The van der Waals surface area contributed by atoms with Gasteiger partial charge in [-0.3, -0.25) is 9.59 Å². The summed E-state index contributed by atoms with van der Waals surface area (Å²) in [6.45, 7) is 2.37. The quantitative estimate of drug-likeness (QED) is 0.568. The average Bonchev–Trinajstić information content (AvgIpc) is 2.90. The summed E-state index contributed by atoms with van der Waals surface area (Å²) in [5.74, 6) is -1.06. The van der Waals surface area contributed by atoms with Crippen molar-refractivity contribution in [2.24, 2.45) is 0 Å². The van der Waals surface area contributed by atoms with Crippen LogP contribution in [0, 0.1) is 5.82 Å². The van der Waals surface area contributed by atoms with Gasteiger partial charge in [0.25, 0.3) is 0 Å². The number of nitrogens with zero attached hydrogens (tertiary/aromatic N) is 1. The van der Waals surface area contributed by atoms with E-state index in [1.54, 1.807) is 12.1 Å². The lowest BCUT2D eigenvalue weighted by Gasteiger charge is -2.32. The number of amides is 2. The maximum Gasteiger partial charge on any atom is 0.247 e. The first-order valence-electron chi connectivity index (χ1n) is 9.48. The van der Waals surface area contributed by atoms with Crippen molar-refractivity contribution >= 4 is 23.4 Å². The van der Waals surface area contributed by atoms with Gasteiger partial charge in [-0.05, 0) is 37.0 Å². The summed E-state index contributed by atoms with van der Waals surface area (Å²) in [5.41, 5.74) is 0.601. The number of carbonyl (C=O) groups excluding carboxylic acids is 2. The van der Waals surface area contributed by atoms with Crippen molar-refractivity contribution in [2.75, 3.05) is 12.4 Å². The average molecular weight is 383 g/mol. The zero-order valence-corrected chi connectivity index (χ0v) is 16.1.